The molecule has 2 atom stereocenters. The van der Waals surface area contributed by atoms with Gasteiger partial charge in [0.05, 0.1) is 0 Å². The van der Waals surface area contributed by atoms with Crippen LogP contribution in [0.1, 0.15) is 46.0 Å². The predicted octanol–water partition coefficient (Wildman–Crippen LogP) is 3.46. The summed E-state index contributed by atoms with van der Waals surface area (Å²) in [5.41, 5.74) is 1.78. The Labute approximate surface area is 94.5 Å². The van der Waals surface area contributed by atoms with Crippen molar-refractivity contribution in [3.63, 3.8) is 0 Å². The minimum Gasteiger partial charge on any atom is -0.302 e. The number of unbranched alkanes of at least 4 members (excludes halogenated alkanes) is 1. The SMILES string of the molecule is CCCCN1CCC2=CCC(C)C[C@@H]2C1. The van der Waals surface area contributed by atoms with Crippen molar-refractivity contribution in [2.24, 2.45) is 11.8 Å². The largest absolute Gasteiger partial charge is 0.302 e. The van der Waals surface area contributed by atoms with Gasteiger partial charge < -0.3 is 4.90 Å². The molecule has 0 bridgehead atoms. The van der Waals surface area contributed by atoms with Crippen molar-refractivity contribution in [3.05, 3.63) is 11.6 Å². The molecule has 86 valence electrons. The fraction of sp³-hybridized carbons (Fsp3) is 0.857. The van der Waals surface area contributed by atoms with E-state index in [2.05, 4.69) is 24.8 Å². The Bertz CT molecular complexity index is 231. The van der Waals surface area contributed by atoms with E-state index in [0.29, 0.717) is 0 Å². The average molecular weight is 207 g/mol. The minimum absolute atomic E-state index is 0.902. The second-order valence-electron chi connectivity index (χ2n) is 5.46. The molecule has 0 aromatic heterocycles. The van der Waals surface area contributed by atoms with E-state index in [1.54, 1.807) is 5.57 Å². The zero-order chi connectivity index (χ0) is 10.7. The summed E-state index contributed by atoms with van der Waals surface area (Å²) in [5.74, 6) is 1.82. The minimum atomic E-state index is 0.902. The van der Waals surface area contributed by atoms with Crippen LogP contribution in [-0.2, 0) is 0 Å². The van der Waals surface area contributed by atoms with Crippen molar-refractivity contribution in [3.8, 4) is 0 Å². The molecule has 2 aliphatic rings. The Morgan fingerprint density at radius 3 is 3.13 bits per heavy atom. The molecule has 2 rings (SSSR count). The number of nitrogens with zero attached hydrogens (tertiary/aromatic N) is 1. The normalized spacial score (nSPS) is 32.3. The first kappa shape index (κ1) is 11.2. The highest BCUT2D eigenvalue weighted by Crippen LogP contribution is 2.34. The van der Waals surface area contributed by atoms with E-state index >= 15 is 0 Å². The smallest absolute Gasteiger partial charge is 0.00472 e. The lowest BCUT2D eigenvalue weighted by Crippen LogP contribution is -2.38. The van der Waals surface area contributed by atoms with E-state index in [4.69, 9.17) is 0 Å². The summed E-state index contributed by atoms with van der Waals surface area (Å²) in [5, 5.41) is 0. The van der Waals surface area contributed by atoms with Crippen LogP contribution in [0.5, 0.6) is 0 Å². The van der Waals surface area contributed by atoms with Gasteiger partial charge in [-0.25, -0.2) is 0 Å². The third kappa shape index (κ3) is 2.84. The van der Waals surface area contributed by atoms with E-state index in [1.165, 1.54) is 51.7 Å². The number of fused-ring (bicyclic) bond motifs is 1. The van der Waals surface area contributed by atoms with Crippen LogP contribution in [0, 0.1) is 11.8 Å². The van der Waals surface area contributed by atoms with Crippen LogP contribution < -0.4 is 0 Å². The molecule has 0 amide bonds. The molecule has 1 heterocycles. The molecule has 1 fully saturated rings. The third-order valence-corrected chi connectivity index (χ3v) is 4.02. The van der Waals surface area contributed by atoms with Crippen molar-refractivity contribution in [2.45, 2.75) is 46.0 Å². The first-order valence-electron chi connectivity index (χ1n) is 6.71. The van der Waals surface area contributed by atoms with Crippen LogP contribution in [0.15, 0.2) is 11.6 Å². The Kier molecular flexibility index (Phi) is 3.85. The summed E-state index contributed by atoms with van der Waals surface area (Å²) in [6, 6.07) is 0. The van der Waals surface area contributed by atoms with Crippen molar-refractivity contribution in [1.29, 1.82) is 0 Å². The maximum atomic E-state index is 2.68. The molecule has 0 N–H and O–H groups in total. The first-order chi connectivity index (χ1) is 7.29. The standard InChI is InChI=1S/C14H25N/c1-3-4-8-15-9-7-13-6-5-12(2)10-14(13)11-15/h6,12,14H,3-5,7-11H2,1-2H3/t12?,14-/m1/s1. The fourth-order valence-corrected chi connectivity index (χ4v) is 3.03. The zero-order valence-electron chi connectivity index (χ0n) is 10.3. The van der Waals surface area contributed by atoms with Crippen LogP contribution in [-0.4, -0.2) is 24.5 Å². The summed E-state index contributed by atoms with van der Waals surface area (Å²) in [4.78, 5) is 2.68. The van der Waals surface area contributed by atoms with Crippen molar-refractivity contribution >= 4 is 0 Å². The van der Waals surface area contributed by atoms with Crippen LogP contribution in [0.3, 0.4) is 0 Å². The average Bonchev–Trinajstić information content (AvgIpc) is 2.25. The second-order valence-corrected chi connectivity index (χ2v) is 5.46. The molecule has 0 aromatic carbocycles. The Hall–Kier alpha value is -0.300. The molecule has 15 heavy (non-hydrogen) atoms. The van der Waals surface area contributed by atoms with Gasteiger partial charge in [-0.3, -0.25) is 0 Å². The third-order valence-electron chi connectivity index (χ3n) is 4.02. The maximum absolute atomic E-state index is 2.68. The summed E-state index contributed by atoms with van der Waals surface area (Å²) >= 11 is 0. The Morgan fingerprint density at radius 1 is 1.47 bits per heavy atom. The van der Waals surface area contributed by atoms with E-state index in [1.807, 2.05) is 0 Å². The maximum Gasteiger partial charge on any atom is 0.00472 e. The van der Waals surface area contributed by atoms with Gasteiger partial charge in [0.2, 0.25) is 0 Å². The topological polar surface area (TPSA) is 3.24 Å². The molecule has 0 radical (unpaired) electrons. The van der Waals surface area contributed by atoms with Crippen LogP contribution >= 0.6 is 0 Å². The van der Waals surface area contributed by atoms with Crippen molar-refractivity contribution in [1.82, 2.24) is 4.90 Å². The fourth-order valence-electron chi connectivity index (χ4n) is 3.03. The predicted molar refractivity (Wildman–Crippen MR) is 65.9 cm³/mol. The lowest BCUT2D eigenvalue weighted by atomic mass is 9.78. The molecule has 1 aliphatic carbocycles. The van der Waals surface area contributed by atoms with Crippen molar-refractivity contribution in [2.75, 3.05) is 19.6 Å². The zero-order valence-corrected chi connectivity index (χ0v) is 10.3. The van der Waals surface area contributed by atoms with Gasteiger partial charge in [0.25, 0.3) is 0 Å². The van der Waals surface area contributed by atoms with Crippen LogP contribution in [0.2, 0.25) is 0 Å². The van der Waals surface area contributed by atoms with Gasteiger partial charge in [-0.2, -0.15) is 0 Å². The molecule has 0 aromatic rings. The highest BCUT2D eigenvalue weighted by Gasteiger charge is 2.27. The van der Waals surface area contributed by atoms with Gasteiger partial charge in [0.1, 0.15) is 0 Å². The van der Waals surface area contributed by atoms with Gasteiger partial charge in [-0.15, -0.1) is 0 Å². The highest BCUT2D eigenvalue weighted by atomic mass is 15.1. The quantitative estimate of drug-likeness (QED) is 0.641. The summed E-state index contributed by atoms with van der Waals surface area (Å²) in [6.07, 6.45) is 9.37. The van der Waals surface area contributed by atoms with Crippen LogP contribution in [0.25, 0.3) is 0 Å². The molecule has 1 unspecified atom stereocenters. The van der Waals surface area contributed by atoms with E-state index in [-0.39, 0.29) is 0 Å². The first-order valence-corrected chi connectivity index (χ1v) is 6.71. The van der Waals surface area contributed by atoms with Gasteiger partial charge in [0, 0.05) is 13.1 Å². The number of hydrogen-bond acceptors (Lipinski definition) is 1. The lowest BCUT2D eigenvalue weighted by molar-refractivity contribution is 0.188. The molecule has 0 spiro atoms. The monoisotopic (exact) mass is 207 g/mol. The van der Waals surface area contributed by atoms with E-state index < -0.39 is 0 Å². The van der Waals surface area contributed by atoms with E-state index in [0.717, 1.165) is 11.8 Å². The molecular formula is C14H25N. The number of rotatable bonds is 3. The summed E-state index contributed by atoms with van der Waals surface area (Å²) in [6.45, 7) is 8.68. The Morgan fingerprint density at radius 2 is 2.33 bits per heavy atom. The molecule has 0 saturated carbocycles. The molecule has 1 aliphatic heterocycles. The van der Waals surface area contributed by atoms with Crippen LogP contribution in [0.4, 0.5) is 0 Å². The summed E-state index contributed by atoms with van der Waals surface area (Å²) < 4.78 is 0. The number of likely N-dealkylation sites (tertiary alicyclic amines) is 1. The number of piperidine rings is 1. The number of hydrogen-bond donors (Lipinski definition) is 0. The Balaban J connectivity index is 1.87. The summed E-state index contributed by atoms with van der Waals surface area (Å²) in [7, 11) is 0. The highest BCUT2D eigenvalue weighted by molar-refractivity contribution is 5.14. The molecule has 1 nitrogen and oxygen atoms in total. The molecular weight excluding hydrogens is 182 g/mol. The molecule has 1 heteroatoms. The van der Waals surface area contributed by atoms with Gasteiger partial charge >= 0.3 is 0 Å². The second kappa shape index (κ2) is 5.16. The lowest BCUT2D eigenvalue weighted by Gasteiger charge is -2.38. The number of allylic oxidation sites excluding steroid dienone is 1. The van der Waals surface area contributed by atoms with E-state index in [9.17, 15) is 0 Å². The molecule has 1 saturated heterocycles. The van der Waals surface area contributed by atoms with Gasteiger partial charge in [-0.1, -0.05) is 31.9 Å². The van der Waals surface area contributed by atoms with Gasteiger partial charge in [-0.05, 0) is 44.1 Å². The van der Waals surface area contributed by atoms with Gasteiger partial charge in [0.15, 0.2) is 0 Å². The van der Waals surface area contributed by atoms with Crippen molar-refractivity contribution < 1.29 is 0 Å².